The standard InChI is InChI=1S/C24H23N3O3S/c1-16-25-21(15-31-16)14-30-22-7-2-4-17(12-22)8-11-23(28)26-20-6-3-5-18(13-20)24(29)27-19-9-10-19/h2-8,11-13,15,19H,9-10,14H2,1H3,(H,26,28)(H,27,29)/b11-8+. The molecule has 0 saturated heterocycles. The Labute approximate surface area is 185 Å². The summed E-state index contributed by atoms with van der Waals surface area (Å²) < 4.78 is 5.79. The first-order valence-corrected chi connectivity index (χ1v) is 11.0. The molecule has 0 bridgehead atoms. The minimum atomic E-state index is -0.274. The molecule has 2 aromatic carbocycles. The lowest BCUT2D eigenvalue weighted by Crippen LogP contribution is -2.25. The zero-order valence-electron chi connectivity index (χ0n) is 17.1. The zero-order valence-corrected chi connectivity index (χ0v) is 17.9. The van der Waals surface area contributed by atoms with Crippen LogP contribution < -0.4 is 15.4 Å². The van der Waals surface area contributed by atoms with Crippen LogP contribution in [0.5, 0.6) is 5.75 Å². The summed E-state index contributed by atoms with van der Waals surface area (Å²) in [5.41, 5.74) is 2.86. The van der Waals surface area contributed by atoms with Gasteiger partial charge < -0.3 is 15.4 Å². The van der Waals surface area contributed by atoms with E-state index in [9.17, 15) is 9.59 Å². The highest BCUT2D eigenvalue weighted by Crippen LogP contribution is 2.20. The monoisotopic (exact) mass is 433 g/mol. The molecule has 1 aliphatic carbocycles. The van der Waals surface area contributed by atoms with E-state index in [-0.39, 0.29) is 11.8 Å². The second-order valence-electron chi connectivity index (χ2n) is 7.37. The molecule has 0 unspecified atom stereocenters. The molecule has 0 radical (unpaired) electrons. The summed E-state index contributed by atoms with van der Waals surface area (Å²) in [5.74, 6) is 0.324. The van der Waals surface area contributed by atoms with Crippen molar-refractivity contribution >= 4 is 34.9 Å². The number of aromatic nitrogens is 1. The lowest BCUT2D eigenvalue weighted by Gasteiger charge is -2.07. The number of carbonyl (C=O) groups excluding carboxylic acids is 2. The fraction of sp³-hybridized carbons (Fsp3) is 0.208. The molecule has 1 aliphatic rings. The lowest BCUT2D eigenvalue weighted by atomic mass is 10.1. The fourth-order valence-corrected chi connectivity index (χ4v) is 3.53. The number of aryl methyl sites for hydroxylation is 1. The average Bonchev–Trinajstić information content (AvgIpc) is 3.49. The Morgan fingerprint density at radius 2 is 2.03 bits per heavy atom. The molecule has 0 atom stereocenters. The number of nitrogens with zero attached hydrogens (tertiary/aromatic N) is 1. The molecule has 3 aromatic rings. The molecule has 6 nitrogen and oxygen atoms in total. The molecular weight excluding hydrogens is 410 g/mol. The minimum Gasteiger partial charge on any atom is -0.487 e. The van der Waals surface area contributed by atoms with Crippen LogP contribution in [0.2, 0.25) is 0 Å². The summed E-state index contributed by atoms with van der Waals surface area (Å²) in [6.45, 7) is 2.37. The van der Waals surface area contributed by atoms with Crippen molar-refractivity contribution in [3.63, 3.8) is 0 Å². The molecule has 1 fully saturated rings. The first kappa shape index (κ1) is 20.8. The normalized spacial score (nSPS) is 13.2. The van der Waals surface area contributed by atoms with E-state index in [0.717, 1.165) is 29.1 Å². The van der Waals surface area contributed by atoms with Crippen molar-refractivity contribution in [1.82, 2.24) is 10.3 Å². The van der Waals surface area contributed by atoms with Gasteiger partial charge in [-0.05, 0) is 61.7 Å². The third-order valence-corrected chi connectivity index (χ3v) is 5.47. The van der Waals surface area contributed by atoms with Crippen LogP contribution in [-0.2, 0) is 11.4 Å². The number of rotatable bonds is 8. The molecule has 0 aliphatic heterocycles. The molecule has 7 heteroatoms. The number of amides is 2. The average molecular weight is 434 g/mol. The van der Waals surface area contributed by atoms with Gasteiger partial charge in [-0.1, -0.05) is 18.2 Å². The van der Waals surface area contributed by atoms with Crippen LogP contribution in [0.4, 0.5) is 5.69 Å². The highest BCUT2D eigenvalue weighted by Gasteiger charge is 2.23. The molecule has 2 amide bonds. The van der Waals surface area contributed by atoms with E-state index < -0.39 is 0 Å². The minimum absolute atomic E-state index is 0.112. The van der Waals surface area contributed by atoms with E-state index in [1.807, 2.05) is 36.6 Å². The van der Waals surface area contributed by atoms with Gasteiger partial charge in [0, 0.05) is 28.7 Å². The third-order valence-electron chi connectivity index (χ3n) is 4.64. The number of benzene rings is 2. The van der Waals surface area contributed by atoms with E-state index in [1.54, 1.807) is 41.7 Å². The first-order valence-electron chi connectivity index (χ1n) is 10.1. The largest absolute Gasteiger partial charge is 0.487 e. The molecule has 0 spiro atoms. The second kappa shape index (κ2) is 9.57. The molecule has 1 saturated carbocycles. The summed E-state index contributed by atoms with van der Waals surface area (Å²) in [5, 5.41) is 8.73. The van der Waals surface area contributed by atoms with Crippen LogP contribution in [0, 0.1) is 6.92 Å². The molecule has 1 heterocycles. The summed E-state index contributed by atoms with van der Waals surface area (Å²) in [6, 6.07) is 14.7. The number of thiazole rings is 1. The van der Waals surface area contributed by atoms with Crippen molar-refractivity contribution in [1.29, 1.82) is 0 Å². The van der Waals surface area contributed by atoms with Crippen molar-refractivity contribution < 1.29 is 14.3 Å². The van der Waals surface area contributed by atoms with Gasteiger partial charge in [0.2, 0.25) is 5.91 Å². The van der Waals surface area contributed by atoms with Gasteiger partial charge in [0.25, 0.3) is 5.91 Å². The Bertz CT molecular complexity index is 1120. The maximum atomic E-state index is 12.3. The highest BCUT2D eigenvalue weighted by molar-refractivity contribution is 7.09. The predicted octanol–water partition coefficient (Wildman–Crippen LogP) is 4.57. The second-order valence-corrected chi connectivity index (χ2v) is 8.43. The van der Waals surface area contributed by atoms with E-state index in [0.29, 0.717) is 29.6 Å². The number of hydrogen-bond donors (Lipinski definition) is 2. The van der Waals surface area contributed by atoms with Crippen molar-refractivity contribution in [2.45, 2.75) is 32.4 Å². The molecule has 158 valence electrons. The molecule has 31 heavy (non-hydrogen) atoms. The van der Waals surface area contributed by atoms with Crippen molar-refractivity contribution in [2.24, 2.45) is 0 Å². The van der Waals surface area contributed by atoms with Gasteiger partial charge in [-0.2, -0.15) is 0 Å². The van der Waals surface area contributed by atoms with Gasteiger partial charge in [0.1, 0.15) is 12.4 Å². The Hall–Kier alpha value is -3.45. The zero-order chi connectivity index (χ0) is 21.6. The van der Waals surface area contributed by atoms with Gasteiger partial charge in [0.05, 0.1) is 10.7 Å². The van der Waals surface area contributed by atoms with Crippen molar-refractivity contribution in [3.05, 3.63) is 81.8 Å². The number of ether oxygens (including phenoxy) is 1. The maximum Gasteiger partial charge on any atom is 0.251 e. The molecule has 1 aromatic heterocycles. The van der Waals surface area contributed by atoms with Gasteiger partial charge in [-0.3, -0.25) is 9.59 Å². The number of carbonyl (C=O) groups is 2. The van der Waals surface area contributed by atoms with Crippen LogP contribution in [0.25, 0.3) is 6.08 Å². The van der Waals surface area contributed by atoms with Crippen LogP contribution in [0.3, 0.4) is 0 Å². The summed E-state index contributed by atoms with van der Waals surface area (Å²) in [7, 11) is 0. The maximum absolute atomic E-state index is 12.3. The molecule has 4 rings (SSSR count). The first-order chi connectivity index (χ1) is 15.0. The topological polar surface area (TPSA) is 80.3 Å². The van der Waals surface area contributed by atoms with Gasteiger partial charge in [-0.25, -0.2) is 4.98 Å². The van der Waals surface area contributed by atoms with Crippen molar-refractivity contribution in [3.8, 4) is 5.75 Å². The summed E-state index contributed by atoms with van der Waals surface area (Å²) in [6.07, 6.45) is 5.24. The van der Waals surface area contributed by atoms with Crippen LogP contribution in [-0.4, -0.2) is 22.8 Å². The number of anilines is 1. The quantitative estimate of drug-likeness (QED) is 0.510. The number of hydrogen-bond acceptors (Lipinski definition) is 5. The van der Waals surface area contributed by atoms with Crippen molar-refractivity contribution in [2.75, 3.05) is 5.32 Å². The predicted molar refractivity (Wildman–Crippen MR) is 122 cm³/mol. The van der Waals surface area contributed by atoms with E-state index in [2.05, 4.69) is 15.6 Å². The number of nitrogens with one attached hydrogen (secondary N) is 2. The Morgan fingerprint density at radius 3 is 2.81 bits per heavy atom. The Balaban J connectivity index is 1.33. The van der Waals surface area contributed by atoms with Gasteiger partial charge in [-0.15, -0.1) is 11.3 Å². The van der Waals surface area contributed by atoms with Crippen LogP contribution >= 0.6 is 11.3 Å². The van der Waals surface area contributed by atoms with Gasteiger partial charge >= 0.3 is 0 Å². The summed E-state index contributed by atoms with van der Waals surface area (Å²) in [4.78, 5) is 28.9. The Morgan fingerprint density at radius 1 is 1.19 bits per heavy atom. The van der Waals surface area contributed by atoms with E-state index in [1.165, 1.54) is 6.08 Å². The summed E-state index contributed by atoms with van der Waals surface area (Å²) >= 11 is 1.59. The van der Waals surface area contributed by atoms with Crippen LogP contribution in [0.1, 0.15) is 39.5 Å². The van der Waals surface area contributed by atoms with Crippen LogP contribution in [0.15, 0.2) is 60.0 Å². The fourth-order valence-electron chi connectivity index (χ4n) is 2.93. The highest BCUT2D eigenvalue weighted by atomic mass is 32.1. The van der Waals surface area contributed by atoms with Gasteiger partial charge in [0.15, 0.2) is 0 Å². The SMILES string of the molecule is Cc1nc(COc2cccc(/C=C/C(=O)Nc3cccc(C(=O)NC4CC4)c3)c2)cs1. The third kappa shape index (κ3) is 6.26. The lowest BCUT2D eigenvalue weighted by molar-refractivity contribution is -0.111. The molecular formula is C24H23N3O3S. The Kier molecular flexibility index (Phi) is 6.43. The molecule has 2 N–H and O–H groups in total. The smallest absolute Gasteiger partial charge is 0.251 e. The van der Waals surface area contributed by atoms with E-state index in [4.69, 9.17) is 4.74 Å². The van der Waals surface area contributed by atoms with E-state index >= 15 is 0 Å².